The van der Waals surface area contributed by atoms with Crippen LogP contribution in [0.15, 0.2) is 30.3 Å². The Kier molecular flexibility index (Phi) is 3.67. The van der Waals surface area contributed by atoms with E-state index in [1.807, 2.05) is 6.07 Å². The molecule has 0 bridgehead atoms. The molecule has 1 aliphatic heterocycles. The van der Waals surface area contributed by atoms with Gasteiger partial charge in [-0.15, -0.1) is 0 Å². The second-order valence-electron chi connectivity index (χ2n) is 7.15. The van der Waals surface area contributed by atoms with Gasteiger partial charge in [-0.05, 0) is 30.6 Å². The maximum Gasteiger partial charge on any atom is 0.192 e. The van der Waals surface area contributed by atoms with Gasteiger partial charge in [0.05, 0.1) is 6.61 Å². The molecule has 1 fully saturated rings. The smallest absolute Gasteiger partial charge is 0.192 e. The average molecular weight is 278 g/mol. The van der Waals surface area contributed by atoms with Crippen molar-refractivity contribution in [2.24, 2.45) is 0 Å². The Morgan fingerprint density at radius 3 is 2.32 bits per heavy atom. The number of hydrogen-bond donors (Lipinski definition) is 0. The van der Waals surface area contributed by atoms with Crippen LogP contribution in [0.5, 0.6) is 0 Å². The van der Waals surface area contributed by atoms with E-state index in [4.69, 9.17) is 9.16 Å². The second-order valence-corrected chi connectivity index (χ2v) is 12.0. The van der Waals surface area contributed by atoms with Gasteiger partial charge < -0.3 is 9.16 Å². The van der Waals surface area contributed by atoms with Crippen molar-refractivity contribution in [3.8, 4) is 0 Å². The summed E-state index contributed by atoms with van der Waals surface area (Å²) >= 11 is 0. The van der Waals surface area contributed by atoms with Crippen molar-refractivity contribution in [3.63, 3.8) is 0 Å². The van der Waals surface area contributed by atoms with Crippen molar-refractivity contribution in [3.05, 3.63) is 35.9 Å². The fraction of sp³-hybridized carbons (Fsp3) is 0.625. The summed E-state index contributed by atoms with van der Waals surface area (Å²) in [6, 6.07) is 10.4. The van der Waals surface area contributed by atoms with Crippen LogP contribution < -0.4 is 0 Å². The fourth-order valence-electron chi connectivity index (χ4n) is 1.98. The summed E-state index contributed by atoms with van der Waals surface area (Å²) in [5.74, 6) is 0. The van der Waals surface area contributed by atoms with E-state index in [0.29, 0.717) is 6.61 Å². The molecule has 3 heteroatoms. The molecule has 0 amide bonds. The van der Waals surface area contributed by atoms with E-state index in [2.05, 4.69) is 65.1 Å². The quantitative estimate of drug-likeness (QED) is 0.604. The molecule has 2 nitrogen and oxygen atoms in total. The third-order valence-corrected chi connectivity index (χ3v) is 9.19. The molecule has 1 aromatic rings. The maximum atomic E-state index is 6.25. The van der Waals surface area contributed by atoms with Crippen molar-refractivity contribution in [2.45, 2.75) is 57.5 Å². The van der Waals surface area contributed by atoms with Crippen LogP contribution in [-0.4, -0.2) is 21.0 Å². The highest BCUT2D eigenvalue weighted by atomic mass is 28.4. The third kappa shape index (κ3) is 2.93. The summed E-state index contributed by atoms with van der Waals surface area (Å²) < 4.78 is 12.1. The molecule has 1 saturated heterocycles. The molecule has 1 heterocycles. The van der Waals surface area contributed by atoms with Gasteiger partial charge in [0, 0.05) is 0 Å². The highest BCUT2D eigenvalue weighted by molar-refractivity contribution is 6.74. The van der Waals surface area contributed by atoms with Gasteiger partial charge in [-0.25, -0.2) is 0 Å². The second kappa shape index (κ2) is 4.72. The molecule has 0 radical (unpaired) electrons. The van der Waals surface area contributed by atoms with Gasteiger partial charge in [0.25, 0.3) is 0 Å². The normalized spacial score (nSPS) is 27.4. The molecular weight excluding hydrogens is 252 g/mol. The largest absolute Gasteiger partial charge is 0.414 e. The van der Waals surface area contributed by atoms with Gasteiger partial charge in [0.15, 0.2) is 8.32 Å². The Hall–Kier alpha value is -0.643. The minimum Gasteiger partial charge on any atom is -0.414 e. The van der Waals surface area contributed by atoms with Crippen LogP contribution in [0.25, 0.3) is 0 Å². The van der Waals surface area contributed by atoms with Gasteiger partial charge in [0.1, 0.15) is 11.7 Å². The number of hydrogen-bond acceptors (Lipinski definition) is 2. The molecule has 0 spiro atoms. The van der Waals surface area contributed by atoms with Gasteiger partial charge in [-0.1, -0.05) is 51.1 Å². The van der Waals surface area contributed by atoms with E-state index in [9.17, 15) is 0 Å². The zero-order valence-electron chi connectivity index (χ0n) is 13.0. The van der Waals surface area contributed by atoms with Crippen molar-refractivity contribution >= 4 is 8.32 Å². The van der Waals surface area contributed by atoms with Gasteiger partial charge in [-0.3, -0.25) is 0 Å². The first-order chi connectivity index (χ1) is 8.67. The lowest BCUT2D eigenvalue weighted by molar-refractivity contribution is 0.237. The zero-order chi connectivity index (χ0) is 14.3. The first kappa shape index (κ1) is 14.8. The van der Waals surface area contributed by atoms with Crippen molar-refractivity contribution in [1.29, 1.82) is 0 Å². The van der Waals surface area contributed by atoms with E-state index in [0.717, 1.165) is 0 Å². The molecule has 0 saturated carbocycles. The molecule has 1 aromatic carbocycles. The molecule has 0 aliphatic carbocycles. The highest BCUT2D eigenvalue weighted by Gasteiger charge is 2.54. The third-order valence-electron chi connectivity index (χ3n) is 4.69. The van der Waals surface area contributed by atoms with Gasteiger partial charge >= 0.3 is 0 Å². The van der Waals surface area contributed by atoms with E-state index in [-0.39, 0.29) is 16.7 Å². The van der Waals surface area contributed by atoms with Crippen LogP contribution in [-0.2, 0) is 14.8 Å². The Morgan fingerprint density at radius 2 is 1.79 bits per heavy atom. The summed E-state index contributed by atoms with van der Waals surface area (Å²) in [5, 5.41) is 0.255. The van der Waals surface area contributed by atoms with Crippen LogP contribution >= 0.6 is 0 Å². The van der Waals surface area contributed by atoms with Crippen LogP contribution in [0.3, 0.4) is 0 Å². The summed E-state index contributed by atoms with van der Waals surface area (Å²) in [5.41, 5.74) is 1.10. The fourth-order valence-corrected chi connectivity index (χ4v) is 2.98. The van der Waals surface area contributed by atoms with Crippen molar-refractivity contribution < 1.29 is 9.16 Å². The first-order valence-corrected chi connectivity index (χ1v) is 9.95. The van der Waals surface area contributed by atoms with Crippen molar-refractivity contribution in [1.82, 2.24) is 0 Å². The highest BCUT2D eigenvalue weighted by Crippen LogP contribution is 2.47. The maximum absolute atomic E-state index is 6.25. The molecule has 2 rings (SSSR count). The predicted octanol–water partition coefficient (Wildman–Crippen LogP) is 4.32. The summed E-state index contributed by atoms with van der Waals surface area (Å²) in [7, 11) is -1.67. The minimum atomic E-state index is -1.67. The van der Waals surface area contributed by atoms with E-state index < -0.39 is 8.32 Å². The molecule has 2 atom stereocenters. The topological polar surface area (TPSA) is 21.8 Å². The summed E-state index contributed by atoms with van der Waals surface area (Å²) in [4.78, 5) is 0. The lowest BCUT2D eigenvalue weighted by Gasteiger charge is -2.36. The van der Waals surface area contributed by atoms with E-state index in [1.165, 1.54) is 5.56 Å². The average Bonchev–Trinajstić information content (AvgIpc) is 2.99. The number of benzene rings is 1. The SMILES string of the molecule is CC(C)(C)[Si](C)(C)OC[C@H]1O[C@@]1(C)c1ccccc1. The molecule has 0 unspecified atom stereocenters. The Balaban J connectivity index is 1.95. The lowest BCUT2D eigenvalue weighted by atomic mass is 9.98. The van der Waals surface area contributed by atoms with Gasteiger partial charge in [-0.2, -0.15) is 0 Å². The van der Waals surface area contributed by atoms with E-state index in [1.54, 1.807) is 0 Å². The molecule has 0 aromatic heterocycles. The Morgan fingerprint density at radius 1 is 1.21 bits per heavy atom. The number of ether oxygens (including phenoxy) is 1. The lowest BCUT2D eigenvalue weighted by Crippen LogP contribution is -2.42. The Bertz CT molecular complexity index is 436. The van der Waals surface area contributed by atoms with E-state index >= 15 is 0 Å². The zero-order valence-corrected chi connectivity index (χ0v) is 14.0. The van der Waals surface area contributed by atoms with Crippen LogP contribution in [0.1, 0.15) is 33.3 Å². The van der Waals surface area contributed by atoms with Gasteiger partial charge in [0.2, 0.25) is 0 Å². The molecule has 106 valence electrons. The first-order valence-electron chi connectivity index (χ1n) is 7.04. The predicted molar refractivity (Wildman–Crippen MR) is 81.8 cm³/mol. The molecule has 19 heavy (non-hydrogen) atoms. The molecular formula is C16H26O2Si. The van der Waals surface area contributed by atoms with Crippen LogP contribution in [0.4, 0.5) is 0 Å². The molecule has 0 N–H and O–H groups in total. The number of rotatable bonds is 4. The van der Waals surface area contributed by atoms with Crippen molar-refractivity contribution in [2.75, 3.05) is 6.61 Å². The standard InChI is InChI=1S/C16H26O2Si/c1-15(2,3)19(5,6)17-12-14-16(4,18-14)13-10-8-7-9-11-13/h7-11,14H,12H2,1-6H3/t14-,16+/m1/s1. The minimum absolute atomic E-state index is 0.149. The summed E-state index contributed by atoms with van der Waals surface area (Å²) in [6.07, 6.45) is 0.198. The number of epoxide rings is 1. The molecule has 1 aliphatic rings. The summed E-state index contributed by atoms with van der Waals surface area (Å²) in [6.45, 7) is 14.2. The monoisotopic (exact) mass is 278 g/mol. The van der Waals surface area contributed by atoms with Crippen LogP contribution in [0, 0.1) is 0 Å². The van der Waals surface area contributed by atoms with Crippen LogP contribution in [0.2, 0.25) is 18.1 Å². The Labute approximate surface area is 118 Å².